The molecule has 4 heterocycles. The average molecular weight is 2020 g/mol. The second-order valence-corrected chi connectivity index (χ2v) is 38.6. The van der Waals surface area contributed by atoms with Crippen LogP contribution in [0.5, 0.6) is 0 Å². The number of para-hydroxylation sites is 1. The maximum absolute atomic E-state index is 15.3. The quantitative estimate of drug-likeness (QED) is 0.0221. The molecule has 800 valence electrons. The SMILES string of the molecule is CC[C@H](C)[C@@H]([C@@H](CC(=O)N1CCC[C@H]1[C@H](OC)[C@@H](C)C(=O)N[C@H](C)[C@@H](O)c1ccccc1)OC)N(C)C(=O)[C@@H](NC(=O)[C@H](C(C)C)N(C)C(=O)[C@H](CCCNC(N)=O)NC(=O)[C@@H](NC(=O)[C@@H](CCCCCNC(=O)COC1CCCCCc2c1nnn2C1O[C@H](CO)[C@H](O)[C@H](O)[C@H]1O)NC(=O)CCOCCOCCOCCOCCNC(=O)CCC(=O)N1Cc2ccccc2C#Cc2ccccc21)C(C)C)C(C)C. The van der Waals surface area contributed by atoms with Crippen LogP contribution in [0.25, 0.3) is 0 Å². The number of anilines is 1. The van der Waals surface area contributed by atoms with Gasteiger partial charge in [0.25, 0.3) is 0 Å². The fourth-order valence-corrected chi connectivity index (χ4v) is 18.7. The van der Waals surface area contributed by atoms with Crippen LogP contribution in [0.3, 0.4) is 0 Å². The van der Waals surface area contributed by atoms with E-state index < -0.39 is 181 Å². The van der Waals surface area contributed by atoms with Crippen molar-refractivity contribution < 1.29 is 121 Å². The van der Waals surface area contributed by atoms with Crippen LogP contribution >= 0.6 is 0 Å². The van der Waals surface area contributed by atoms with Gasteiger partial charge in [0.1, 0.15) is 73.0 Å². The highest BCUT2D eigenvalue weighted by Crippen LogP contribution is 2.37. The van der Waals surface area contributed by atoms with Gasteiger partial charge in [-0.15, -0.1) is 5.10 Å². The highest BCUT2D eigenvalue weighted by atomic mass is 16.6. The van der Waals surface area contributed by atoms with Crippen molar-refractivity contribution in [3.05, 3.63) is 113 Å². The number of methoxy groups -OCH3 is 2. The summed E-state index contributed by atoms with van der Waals surface area (Å²) >= 11 is 0. The number of fused-ring (bicyclic) bond motifs is 3. The molecule has 3 aliphatic heterocycles. The summed E-state index contributed by atoms with van der Waals surface area (Å²) in [6.45, 7) is 19.1. The van der Waals surface area contributed by atoms with Gasteiger partial charge in [0, 0.05) is 84.9 Å². The third kappa shape index (κ3) is 35.3. The van der Waals surface area contributed by atoms with Crippen LogP contribution < -0.4 is 53.2 Å². The summed E-state index contributed by atoms with van der Waals surface area (Å²) in [7, 11) is 5.97. The Balaban J connectivity index is 0.855. The number of aliphatic hydroxyl groups is 5. The molecule has 0 bridgehead atoms. The zero-order chi connectivity index (χ0) is 105. The smallest absolute Gasteiger partial charge is 0.312 e. The van der Waals surface area contributed by atoms with Gasteiger partial charge in [0.15, 0.2) is 6.23 Å². The highest BCUT2D eigenvalue weighted by Gasteiger charge is 2.48. The molecular formula is C103H158N16O25. The zero-order valence-electron chi connectivity index (χ0n) is 86.2. The number of hydrogen-bond acceptors (Lipinski definition) is 27. The Morgan fingerprint density at radius 2 is 1.21 bits per heavy atom. The average Bonchev–Trinajstić information content (AvgIpc) is 1.54. The number of carbonyl (C=O) groups is 12. The van der Waals surface area contributed by atoms with Crippen LogP contribution in [-0.4, -0.2) is 332 Å². The number of urea groups is 1. The molecule has 0 radical (unpaired) electrons. The van der Waals surface area contributed by atoms with E-state index in [1.165, 1.54) is 35.7 Å². The molecule has 15 N–H and O–H groups in total. The first kappa shape index (κ1) is 119. The van der Waals surface area contributed by atoms with Gasteiger partial charge < -0.3 is 131 Å². The molecule has 144 heavy (non-hydrogen) atoms. The van der Waals surface area contributed by atoms with E-state index in [1.54, 1.807) is 96.5 Å². The van der Waals surface area contributed by atoms with Crippen LogP contribution in [0, 0.1) is 41.4 Å². The van der Waals surface area contributed by atoms with Gasteiger partial charge in [-0.25, -0.2) is 9.48 Å². The maximum Gasteiger partial charge on any atom is 0.312 e. The van der Waals surface area contributed by atoms with Crippen molar-refractivity contribution in [2.45, 2.75) is 295 Å². The van der Waals surface area contributed by atoms with Gasteiger partial charge in [-0.1, -0.05) is 172 Å². The molecule has 41 nitrogen and oxygen atoms in total. The fraction of sp³-hybridized carbons (Fsp3) is 0.670. The molecule has 19 atom stereocenters. The van der Waals surface area contributed by atoms with Gasteiger partial charge in [-0.3, -0.25) is 52.7 Å². The topological polar surface area (TPSA) is 546 Å². The lowest BCUT2D eigenvalue weighted by molar-refractivity contribution is -0.254. The lowest BCUT2D eigenvalue weighted by atomic mass is 9.89. The number of rotatable bonds is 60. The van der Waals surface area contributed by atoms with E-state index in [0.29, 0.717) is 87.1 Å². The summed E-state index contributed by atoms with van der Waals surface area (Å²) in [6, 6.07) is 15.0. The van der Waals surface area contributed by atoms with E-state index in [2.05, 4.69) is 64.7 Å². The van der Waals surface area contributed by atoms with Gasteiger partial charge >= 0.3 is 6.03 Å². The normalized spacial score (nSPS) is 19.8. The molecule has 0 saturated carbocycles. The van der Waals surface area contributed by atoms with Crippen LogP contribution in [-0.2, 0) is 104 Å². The Morgan fingerprint density at radius 3 is 1.87 bits per heavy atom. The van der Waals surface area contributed by atoms with Crippen LogP contribution in [0.1, 0.15) is 230 Å². The number of unbranched alkanes of at least 4 members (excludes halogenated alkanes) is 2. The number of nitrogens with one attached hydrogen (secondary N) is 8. The number of ether oxygens (including phenoxy) is 8. The second-order valence-electron chi connectivity index (χ2n) is 38.6. The largest absolute Gasteiger partial charge is 0.394 e. The van der Waals surface area contributed by atoms with Crippen LogP contribution in [0.15, 0.2) is 78.9 Å². The molecule has 1 aromatic heterocycles. The molecule has 1 aliphatic carbocycles. The third-order valence-electron chi connectivity index (χ3n) is 27.0. The van der Waals surface area contributed by atoms with Crippen molar-refractivity contribution in [2.24, 2.45) is 35.3 Å². The molecular weight excluding hydrogens is 1860 g/mol. The van der Waals surface area contributed by atoms with Gasteiger partial charge in [-0.2, -0.15) is 0 Å². The Hall–Kier alpha value is -10.7. The van der Waals surface area contributed by atoms with Gasteiger partial charge in [0.2, 0.25) is 65.0 Å². The van der Waals surface area contributed by atoms with Gasteiger partial charge in [-0.05, 0) is 118 Å². The number of hydrogen-bond donors (Lipinski definition) is 14. The van der Waals surface area contributed by atoms with Crippen molar-refractivity contribution in [3.63, 3.8) is 0 Å². The number of benzene rings is 3. The summed E-state index contributed by atoms with van der Waals surface area (Å²) in [5.41, 5.74) is 10.2. The first-order valence-electron chi connectivity index (χ1n) is 50.8. The van der Waals surface area contributed by atoms with E-state index in [0.717, 1.165) is 36.0 Å². The predicted molar refractivity (Wildman–Crippen MR) is 532 cm³/mol. The molecule has 4 aliphatic rings. The second kappa shape index (κ2) is 61.0. The Labute approximate surface area is 845 Å². The van der Waals surface area contributed by atoms with Crippen LogP contribution in [0.4, 0.5) is 10.5 Å². The standard InChI is InChI=1S/C103H158N16O25/c1-15-66(8)90(79(137-13)59-85(125)117-50-30-40-77(117)95(138-14)67(9)96(130)108-68(10)91(126)71-33-19-16-20-34-71)116(12)101(135)87(64(4)5)112-99(133)89(65(6)7)115(11)100(134)74(37-29-48-107-103(104)136)110-98(132)86(63(2)3)111-97(131)73(36-21-18-28-47-105-83(123)62-143-78-41-23-17-22-39-76-88(78)113-114-119(76)102-94(129)93(128)92(127)80(61-120)144-102)109-82(122)46-51-139-53-55-141-57-58-142-56-54-140-52-49-106-81(121)44-45-84(124)118-60-72-35-25-24-31-69(72)42-43-70-32-26-27-38-75(70)118/h16,19-20,24-27,31-35,38,63-68,73-74,77-80,86-87,89-95,102,120,126-129H,15,17-18,21-23,28-30,36-37,39-41,44-62H2,1-14H3,(H,105,123)(H,106,121)(H,108,130)(H,109,122)(H,110,132)(H,111,131)(H,112,133)(H3,104,107,136)/t66-,67+,68+,73+,74-,77-,78?,79+,80+,86-,87-,89-,90-,91+,92-,93-,94+,95+,102?/m0/s1. The maximum atomic E-state index is 15.3. The Kier molecular flexibility index (Phi) is 50.2. The van der Waals surface area contributed by atoms with Gasteiger partial charge in [0.05, 0.1) is 126 Å². The number of amides is 13. The molecule has 3 aromatic carbocycles. The number of nitrogens with zero attached hydrogens (tertiary/aromatic N) is 7. The van der Waals surface area contributed by atoms with Crippen LogP contribution in [0.2, 0.25) is 0 Å². The molecule has 13 amide bonds. The van der Waals surface area contributed by atoms with Crippen molar-refractivity contribution in [1.29, 1.82) is 0 Å². The highest BCUT2D eigenvalue weighted by molar-refractivity contribution is 5.98. The van der Waals surface area contributed by atoms with E-state index in [4.69, 9.17) is 43.6 Å². The van der Waals surface area contributed by atoms with E-state index in [-0.39, 0.29) is 154 Å². The third-order valence-corrected chi connectivity index (χ3v) is 27.0. The summed E-state index contributed by atoms with van der Waals surface area (Å²) in [5, 5.41) is 84.1. The lowest BCUT2D eigenvalue weighted by Gasteiger charge is -2.41. The van der Waals surface area contributed by atoms with E-state index >= 15 is 14.4 Å². The monoisotopic (exact) mass is 2020 g/mol. The first-order chi connectivity index (χ1) is 69.0. The number of likely N-dealkylation sites (tertiary alicyclic amines) is 1. The summed E-state index contributed by atoms with van der Waals surface area (Å²) in [6.07, 6.45) is -4.75. The minimum absolute atomic E-state index is 0.000268. The Morgan fingerprint density at radius 1 is 0.576 bits per heavy atom. The minimum Gasteiger partial charge on any atom is -0.394 e. The number of carbonyl (C=O) groups excluding carboxylic acids is 12. The molecule has 4 aromatic rings. The molecule has 2 unspecified atom stereocenters. The first-order valence-corrected chi connectivity index (χ1v) is 50.8. The predicted octanol–water partition coefficient (Wildman–Crippen LogP) is 3.74. The number of primary amides is 1. The summed E-state index contributed by atoms with van der Waals surface area (Å²) in [5.74, 6) is -2.02. The molecule has 0 spiro atoms. The number of aliphatic hydroxyl groups excluding tert-OH is 5. The van der Waals surface area contributed by atoms with Crippen molar-refractivity contribution in [3.8, 4) is 11.8 Å². The molecule has 2 fully saturated rings. The van der Waals surface area contributed by atoms with Crippen molar-refractivity contribution >= 4 is 76.7 Å². The summed E-state index contributed by atoms with van der Waals surface area (Å²) < 4.78 is 48.2. The van der Waals surface area contributed by atoms with Crippen molar-refractivity contribution in [2.75, 3.05) is 125 Å². The number of aromatic nitrogens is 3. The number of likely N-dealkylation sites (N-methyl/N-ethyl adjacent to an activating group) is 2. The molecule has 2 saturated heterocycles. The zero-order valence-corrected chi connectivity index (χ0v) is 86.2. The summed E-state index contributed by atoms with van der Waals surface area (Å²) in [4.78, 5) is 176. The molecule has 8 rings (SSSR count). The van der Waals surface area contributed by atoms with E-state index in [1.807, 2.05) is 68.4 Å². The lowest BCUT2D eigenvalue weighted by Crippen LogP contribution is -2.62. The minimum atomic E-state index is -1.65. The fourth-order valence-electron chi connectivity index (χ4n) is 18.7. The van der Waals surface area contributed by atoms with Crippen molar-refractivity contribution in [1.82, 2.24) is 72.2 Å². The van der Waals surface area contributed by atoms with E-state index in [9.17, 15) is 68.7 Å². The number of nitrogens with two attached hydrogens (primary N) is 1. The molecule has 41 heteroatoms. The Bertz CT molecular complexity index is 4810.